The van der Waals surface area contributed by atoms with E-state index in [4.69, 9.17) is 5.73 Å². The molecule has 0 spiro atoms. The fraction of sp³-hybridized carbons (Fsp3) is 0.917. The quantitative estimate of drug-likeness (QED) is 0.0467. The molecule has 244 valence electrons. The van der Waals surface area contributed by atoms with Crippen molar-refractivity contribution in [1.82, 2.24) is 0 Å². The molecule has 0 amide bonds. The van der Waals surface area contributed by atoms with Gasteiger partial charge in [0.1, 0.15) is 18.0 Å². The Hall–Kier alpha value is -0.910. The standard InChI is InChI=1S/C36H71NO4/c1-3-5-7-9-11-13-15-17-18-19-21-23-25-27-29-31-33(39)36(41)34(37)35(40)32(38)30-28-26-24-22-20-16-14-12-10-8-6-4-2/h30,34-36,38,40-41H,3-29,31,37H2,1-2H3/b32-30-/t34-,35-,36?/m1/s1. The molecule has 5 nitrogen and oxygen atoms in total. The maximum absolute atomic E-state index is 12.4. The molecular weight excluding hydrogens is 510 g/mol. The van der Waals surface area contributed by atoms with Gasteiger partial charge < -0.3 is 21.1 Å². The highest BCUT2D eigenvalue weighted by atomic mass is 16.3. The number of allylic oxidation sites excluding steroid dienone is 1. The molecule has 0 aliphatic rings. The van der Waals surface area contributed by atoms with Crippen LogP contribution in [0.3, 0.4) is 0 Å². The van der Waals surface area contributed by atoms with E-state index in [0.29, 0.717) is 6.42 Å². The number of aliphatic hydroxyl groups is 3. The van der Waals surface area contributed by atoms with E-state index in [9.17, 15) is 20.1 Å². The van der Waals surface area contributed by atoms with Crippen LogP contribution in [0.4, 0.5) is 0 Å². The van der Waals surface area contributed by atoms with Crippen molar-refractivity contribution in [3.8, 4) is 0 Å². The Kier molecular flexibility index (Phi) is 29.9. The van der Waals surface area contributed by atoms with Gasteiger partial charge in [-0.2, -0.15) is 0 Å². The van der Waals surface area contributed by atoms with Crippen LogP contribution >= 0.6 is 0 Å². The molecule has 0 saturated carbocycles. The Labute approximate surface area is 255 Å². The van der Waals surface area contributed by atoms with Crippen molar-refractivity contribution in [1.29, 1.82) is 0 Å². The third-order valence-corrected chi connectivity index (χ3v) is 8.55. The third-order valence-electron chi connectivity index (χ3n) is 8.55. The SMILES string of the molecule is CCCCCCCCCCCCC/C=C(\O)[C@@H](O)[C@@H](N)C(O)C(=O)CCCCCCCCCCCCCCCCC. The molecule has 0 bridgehead atoms. The fourth-order valence-electron chi connectivity index (χ4n) is 5.58. The minimum Gasteiger partial charge on any atom is -0.510 e. The number of hydrogen-bond acceptors (Lipinski definition) is 5. The van der Waals surface area contributed by atoms with Crippen LogP contribution in [0, 0.1) is 0 Å². The van der Waals surface area contributed by atoms with Crippen molar-refractivity contribution in [3.05, 3.63) is 11.8 Å². The molecule has 5 heteroatoms. The molecule has 0 aromatic rings. The topological polar surface area (TPSA) is 104 Å². The zero-order chi connectivity index (χ0) is 30.4. The number of ketones is 1. The summed E-state index contributed by atoms with van der Waals surface area (Å²) in [4.78, 5) is 12.4. The van der Waals surface area contributed by atoms with Gasteiger partial charge in [0.05, 0.1) is 6.04 Å². The number of unbranched alkanes of at least 4 members (excludes halogenated alkanes) is 25. The fourth-order valence-corrected chi connectivity index (χ4v) is 5.58. The van der Waals surface area contributed by atoms with Gasteiger partial charge in [-0.25, -0.2) is 0 Å². The lowest BCUT2D eigenvalue weighted by atomic mass is 9.96. The Bertz CT molecular complexity index is 594. The highest BCUT2D eigenvalue weighted by molar-refractivity contribution is 5.83. The van der Waals surface area contributed by atoms with Crippen LogP contribution in [0.25, 0.3) is 0 Å². The van der Waals surface area contributed by atoms with Gasteiger partial charge in [0, 0.05) is 6.42 Å². The maximum Gasteiger partial charge on any atom is 0.162 e. The first-order chi connectivity index (χ1) is 20.0. The van der Waals surface area contributed by atoms with E-state index in [-0.39, 0.29) is 18.0 Å². The van der Waals surface area contributed by atoms with E-state index < -0.39 is 18.2 Å². The van der Waals surface area contributed by atoms with Crippen LogP contribution in [0.1, 0.15) is 194 Å². The van der Waals surface area contributed by atoms with E-state index in [1.54, 1.807) is 6.08 Å². The summed E-state index contributed by atoms with van der Waals surface area (Å²) in [5.74, 6) is -0.576. The molecule has 3 atom stereocenters. The monoisotopic (exact) mass is 582 g/mol. The normalized spacial score (nSPS) is 14.3. The average Bonchev–Trinajstić information content (AvgIpc) is 2.98. The van der Waals surface area contributed by atoms with E-state index in [2.05, 4.69) is 13.8 Å². The molecule has 1 unspecified atom stereocenters. The summed E-state index contributed by atoms with van der Waals surface area (Å²) in [6.45, 7) is 4.51. The van der Waals surface area contributed by atoms with E-state index in [1.807, 2.05) is 0 Å². The van der Waals surface area contributed by atoms with Crippen LogP contribution in [0.15, 0.2) is 11.8 Å². The van der Waals surface area contributed by atoms with Gasteiger partial charge in [0.25, 0.3) is 0 Å². The highest BCUT2D eigenvalue weighted by Crippen LogP contribution is 2.16. The van der Waals surface area contributed by atoms with Gasteiger partial charge in [-0.3, -0.25) is 4.79 Å². The molecule has 5 N–H and O–H groups in total. The second kappa shape index (κ2) is 30.5. The summed E-state index contributed by atoms with van der Waals surface area (Å²) in [7, 11) is 0. The number of nitrogens with two attached hydrogens (primary N) is 1. The molecule has 0 radical (unpaired) electrons. The van der Waals surface area contributed by atoms with Crippen molar-refractivity contribution in [2.75, 3.05) is 0 Å². The van der Waals surface area contributed by atoms with Crippen molar-refractivity contribution in [2.24, 2.45) is 5.73 Å². The van der Waals surface area contributed by atoms with Crippen LogP contribution < -0.4 is 5.73 Å². The minimum atomic E-state index is -1.45. The van der Waals surface area contributed by atoms with E-state index in [0.717, 1.165) is 32.1 Å². The summed E-state index contributed by atoms with van der Waals surface area (Å²) in [5, 5.41) is 30.9. The lowest BCUT2D eigenvalue weighted by Crippen LogP contribution is -2.49. The summed E-state index contributed by atoms with van der Waals surface area (Å²) < 4.78 is 0. The number of aliphatic hydroxyl groups excluding tert-OH is 3. The number of Topliss-reactive ketones (excluding diaryl/α,β-unsaturated/α-hetero) is 1. The van der Waals surface area contributed by atoms with Gasteiger partial charge in [-0.1, -0.05) is 168 Å². The van der Waals surface area contributed by atoms with E-state index in [1.165, 1.54) is 135 Å². The Morgan fingerprint density at radius 1 is 0.537 bits per heavy atom. The summed E-state index contributed by atoms with van der Waals surface area (Å²) in [6, 6.07) is -1.20. The van der Waals surface area contributed by atoms with Crippen molar-refractivity contribution in [2.45, 2.75) is 212 Å². The minimum absolute atomic E-state index is 0.233. The first-order valence-corrected chi connectivity index (χ1v) is 18.0. The van der Waals surface area contributed by atoms with Gasteiger partial charge in [-0.05, 0) is 25.3 Å². The third kappa shape index (κ3) is 25.3. The molecule has 0 rings (SSSR count). The highest BCUT2D eigenvalue weighted by Gasteiger charge is 2.30. The maximum atomic E-state index is 12.4. The molecule has 0 aromatic carbocycles. The zero-order valence-electron chi connectivity index (χ0n) is 27.4. The number of carbonyl (C=O) groups excluding carboxylic acids is 1. The van der Waals surface area contributed by atoms with Crippen molar-refractivity contribution < 1.29 is 20.1 Å². The van der Waals surface area contributed by atoms with Crippen molar-refractivity contribution in [3.63, 3.8) is 0 Å². The Morgan fingerprint density at radius 2 is 0.854 bits per heavy atom. The smallest absolute Gasteiger partial charge is 0.162 e. The van der Waals surface area contributed by atoms with Crippen LogP contribution in [0.2, 0.25) is 0 Å². The van der Waals surface area contributed by atoms with Crippen LogP contribution in [-0.4, -0.2) is 39.4 Å². The second-order valence-electron chi connectivity index (χ2n) is 12.6. The molecule has 0 aliphatic carbocycles. The summed E-state index contributed by atoms with van der Waals surface area (Å²) >= 11 is 0. The summed E-state index contributed by atoms with van der Waals surface area (Å²) in [6.07, 6.45) is 32.4. The predicted molar refractivity (Wildman–Crippen MR) is 176 cm³/mol. The van der Waals surface area contributed by atoms with Crippen LogP contribution in [0.5, 0.6) is 0 Å². The van der Waals surface area contributed by atoms with Crippen LogP contribution in [-0.2, 0) is 4.79 Å². The average molecular weight is 582 g/mol. The molecule has 0 saturated heterocycles. The molecular formula is C36H71NO4. The molecule has 0 aliphatic heterocycles. The molecule has 0 aromatic heterocycles. The summed E-state index contributed by atoms with van der Waals surface area (Å²) in [5.41, 5.74) is 5.93. The van der Waals surface area contributed by atoms with Gasteiger partial charge in [-0.15, -0.1) is 0 Å². The predicted octanol–water partition coefficient (Wildman–Crippen LogP) is 10.0. The molecule has 0 fully saturated rings. The van der Waals surface area contributed by atoms with E-state index >= 15 is 0 Å². The number of carbonyl (C=O) groups is 1. The Morgan fingerprint density at radius 3 is 1.22 bits per heavy atom. The Balaban J connectivity index is 3.76. The number of hydrogen-bond donors (Lipinski definition) is 4. The molecule has 41 heavy (non-hydrogen) atoms. The zero-order valence-corrected chi connectivity index (χ0v) is 27.4. The van der Waals surface area contributed by atoms with Crippen molar-refractivity contribution >= 4 is 5.78 Å². The van der Waals surface area contributed by atoms with Gasteiger partial charge in [0.15, 0.2) is 5.78 Å². The lowest BCUT2D eigenvalue weighted by Gasteiger charge is -2.22. The number of rotatable bonds is 32. The largest absolute Gasteiger partial charge is 0.510 e. The first-order valence-electron chi connectivity index (χ1n) is 18.0. The van der Waals surface area contributed by atoms with Gasteiger partial charge in [0.2, 0.25) is 0 Å². The second-order valence-corrected chi connectivity index (χ2v) is 12.6. The van der Waals surface area contributed by atoms with Gasteiger partial charge >= 0.3 is 0 Å². The first kappa shape index (κ1) is 40.1. The molecule has 0 heterocycles. The lowest BCUT2D eigenvalue weighted by molar-refractivity contribution is -0.129.